The molecule has 28 heavy (non-hydrogen) atoms. The van der Waals surface area contributed by atoms with Gasteiger partial charge in [-0.1, -0.05) is 18.2 Å². The highest BCUT2D eigenvalue weighted by molar-refractivity contribution is 5.92. The maximum absolute atomic E-state index is 12.3. The number of morpholine rings is 1. The van der Waals surface area contributed by atoms with Gasteiger partial charge in [-0.15, -0.1) is 0 Å². The van der Waals surface area contributed by atoms with Crippen LogP contribution in [0.15, 0.2) is 36.5 Å². The number of carbonyl (C=O) groups is 1. The summed E-state index contributed by atoms with van der Waals surface area (Å²) in [5.41, 5.74) is 1.46. The smallest absolute Gasteiger partial charge is 0.270 e. The number of ether oxygens (including phenoxy) is 2. The van der Waals surface area contributed by atoms with Crippen LogP contribution in [-0.4, -0.2) is 73.8 Å². The van der Waals surface area contributed by atoms with Gasteiger partial charge in [0, 0.05) is 38.9 Å². The number of benzene rings is 1. The Kier molecular flexibility index (Phi) is 7.57. The highest BCUT2D eigenvalue weighted by Crippen LogP contribution is 2.17. The average molecular weight is 385 g/mol. The number of aromatic nitrogens is 2. The number of nitrogens with zero attached hydrogens (tertiary/aromatic N) is 3. The molecule has 0 saturated carbocycles. The fraction of sp³-hybridized carbons (Fsp3) is 0.450. The Labute approximate surface area is 165 Å². The van der Waals surface area contributed by atoms with Crippen molar-refractivity contribution in [2.45, 2.75) is 6.42 Å². The van der Waals surface area contributed by atoms with E-state index in [0.717, 1.165) is 50.6 Å². The van der Waals surface area contributed by atoms with Gasteiger partial charge >= 0.3 is 0 Å². The molecule has 0 aliphatic carbocycles. The van der Waals surface area contributed by atoms with Crippen LogP contribution in [0.25, 0.3) is 0 Å². The van der Waals surface area contributed by atoms with Crippen LogP contribution in [0.3, 0.4) is 0 Å². The zero-order valence-corrected chi connectivity index (χ0v) is 16.2. The second kappa shape index (κ2) is 10.6. The number of carbonyl (C=O) groups excluding carboxylic acids is 1. The van der Waals surface area contributed by atoms with Gasteiger partial charge in [-0.3, -0.25) is 9.69 Å². The van der Waals surface area contributed by atoms with E-state index in [2.05, 4.69) is 25.5 Å². The van der Waals surface area contributed by atoms with Gasteiger partial charge in [0.2, 0.25) is 5.95 Å². The van der Waals surface area contributed by atoms with Gasteiger partial charge in [0.1, 0.15) is 11.4 Å². The first-order valence-electron chi connectivity index (χ1n) is 9.53. The molecule has 1 saturated heterocycles. The first kappa shape index (κ1) is 20.0. The van der Waals surface area contributed by atoms with Gasteiger partial charge in [0.25, 0.3) is 5.91 Å². The summed E-state index contributed by atoms with van der Waals surface area (Å²) >= 11 is 0. The normalized spacial score (nSPS) is 14.5. The predicted molar refractivity (Wildman–Crippen MR) is 107 cm³/mol. The molecule has 0 radical (unpaired) electrons. The third kappa shape index (κ3) is 5.90. The largest absolute Gasteiger partial charge is 0.496 e. The Morgan fingerprint density at radius 2 is 2.04 bits per heavy atom. The Morgan fingerprint density at radius 3 is 2.86 bits per heavy atom. The van der Waals surface area contributed by atoms with Gasteiger partial charge in [-0.25, -0.2) is 9.97 Å². The van der Waals surface area contributed by atoms with Crippen molar-refractivity contribution in [1.82, 2.24) is 20.2 Å². The molecule has 0 spiro atoms. The topological polar surface area (TPSA) is 88.6 Å². The minimum atomic E-state index is -0.191. The molecule has 2 N–H and O–H groups in total. The summed E-state index contributed by atoms with van der Waals surface area (Å²) in [4.78, 5) is 23.1. The molecule has 150 valence electrons. The molecule has 8 heteroatoms. The lowest BCUT2D eigenvalue weighted by atomic mass is 10.1. The molecule has 0 bridgehead atoms. The van der Waals surface area contributed by atoms with Crippen LogP contribution in [0.1, 0.15) is 16.1 Å². The number of para-hydroxylation sites is 1. The van der Waals surface area contributed by atoms with Crippen molar-refractivity contribution >= 4 is 11.9 Å². The number of hydrogen-bond donors (Lipinski definition) is 2. The predicted octanol–water partition coefficient (Wildman–Crippen LogP) is 1.20. The minimum absolute atomic E-state index is 0.191. The highest BCUT2D eigenvalue weighted by Gasteiger charge is 2.12. The molecular formula is C20H27N5O3. The summed E-state index contributed by atoms with van der Waals surface area (Å²) in [6.45, 7) is 5.35. The number of rotatable bonds is 9. The molecule has 1 aromatic carbocycles. The summed E-state index contributed by atoms with van der Waals surface area (Å²) in [5, 5.41) is 6.08. The highest BCUT2D eigenvalue weighted by atomic mass is 16.5. The molecule has 8 nitrogen and oxygen atoms in total. The Balaban J connectivity index is 1.45. The monoisotopic (exact) mass is 385 g/mol. The molecule has 2 aromatic rings. The number of amides is 1. The Bertz CT molecular complexity index is 765. The molecule has 3 rings (SSSR count). The Hall–Kier alpha value is -2.71. The number of nitrogens with one attached hydrogen (secondary N) is 2. The number of methoxy groups -OCH3 is 1. The molecule has 0 atom stereocenters. The molecule has 1 aliphatic rings. The third-order valence-electron chi connectivity index (χ3n) is 4.58. The summed E-state index contributed by atoms with van der Waals surface area (Å²) in [6, 6.07) is 9.51. The van der Waals surface area contributed by atoms with E-state index in [-0.39, 0.29) is 5.91 Å². The summed E-state index contributed by atoms with van der Waals surface area (Å²) in [6.07, 6.45) is 2.36. The van der Waals surface area contributed by atoms with Crippen molar-refractivity contribution in [2.24, 2.45) is 0 Å². The van der Waals surface area contributed by atoms with Gasteiger partial charge in [-0.05, 0) is 24.1 Å². The van der Waals surface area contributed by atoms with Crippen molar-refractivity contribution in [1.29, 1.82) is 0 Å². The van der Waals surface area contributed by atoms with Gasteiger partial charge in [0.05, 0.1) is 20.3 Å². The first-order chi connectivity index (χ1) is 13.8. The average Bonchev–Trinajstić information content (AvgIpc) is 2.75. The lowest BCUT2D eigenvalue weighted by molar-refractivity contribution is 0.0383. The molecule has 1 fully saturated rings. The van der Waals surface area contributed by atoms with Crippen molar-refractivity contribution < 1.29 is 14.3 Å². The number of hydrogen-bond acceptors (Lipinski definition) is 7. The van der Waals surface area contributed by atoms with Gasteiger partial charge < -0.3 is 20.1 Å². The first-order valence-corrected chi connectivity index (χ1v) is 9.53. The molecule has 2 heterocycles. The van der Waals surface area contributed by atoms with E-state index in [1.807, 2.05) is 24.3 Å². The molecule has 1 amide bonds. The van der Waals surface area contributed by atoms with E-state index >= 15 is 0 Å². The van der Waals surface area contributed by atoms with E-state index in [9.17, 15) is 4.79 Å². The lowest BCUT2D eigenvalue weighted by Gasteiger charge is -2.26. The fourth-order valence-electron chi connectivity index (χ4n) is 3.03. The standard InChI is InChI=1S/C20H27N5O3/c1-27-18-5-3-2-4-16(18)6-8-22-20-23-9-7-17(24-20)19(26)21-10-11-25-12-14-28-15-13-25/h2-5,7,9H,6,8,10-15H2,1H3,(H,21,26)(H,22,23,24). The van der Waals surface area contributed by atoms with Crippen LogP contribution in [0, 0.1) is 0 Å². The quantitative estimate of drug-likeness (QED) is 0.671. The van der Waals surface area contributed by atoms with Crippen LogP contribution in [0.4, 0.5) is 5.95 Å². The van der Waals surface area contributed by atoms with Crippen LogP contribution in [-0.2, 0) is 11.2 Å². The lowest BCUT2D eigenvalue weighted by Crippen LogP contribution is -2.41. The molecular weight excluding hydrogens is 358 g/mol. The van der Waals surface area contributed by atoms with Crippen LogP contribution in [0.2, 0.25) is 0 Å². The molecule has 1 aliphatic heterocycles. The molecule has 0 unspecified atom stereocenters. The maximum Gasteiger partial charge on any atom is 0.270 e. The van der Waals surface area contributed by atoms with E-state index in [1.165, 1.54) is 0 Å². The fourth-order valence-corrected chi connectivity index (χ4v) is 3.03. The molecule has 1 aromatic heterocycles. The van der Waals surface area contributed by atoms with E-state index in [0.29, 0.717) is 24.7 Å². The van der Waals surface area contributed by atoms with Crippen molar-refractivity contribution in [2.75, 3.05) is 58.4 Å². The van der Waals surface area contributed by atoms with E-state index in [1.54, 1.807) is 19.4 Å². The van der Waals surface area contributed by atoms with E-state index < -0.39 is 0 Å². The zero-order chi connectivity index (χ0) is 19.6. The maximum atomic E-state index is 12.3. The second-order valence-electron chi connectivity index (χ2n) is 6.46. The van der Waals surface area contributed by atoms with Crippen LogP contribution in [0.5, 0.6) is 5.75 Å². The third-order valence-corrected chi connectivity index (χ3v) is 4.58. The zero-order valence-electron chi connectivity index (χ0n) is 16.2. The SMILES string of the molecule is COc1ccccc1CCNc1nccc(C(=O)NCCN2CCOCC2)n1. The number of anilines is 1. The van der Waals surface area contributed by atoms with Crippen LogP contribution >= 0.6 is 0 Å². The van der Waals surface area contributed by atoms with Crippen molar-refractivity contribution in [3.8, 4) is 5.75 Å². The van der Waals surface area contributed by atoms with Crippen molar-refractivity contribution in [3.63, 3.8) is 0 Å². The Morgan fingerprint density at radius 1 is 1.21 bits per heavy atom. The summed E-state index contributed by atoms with van der Waals surface area (Å²) in [5.74, 6) is 1.11. The summed E-state index contributed by atoms with van der Waals surface area (Å²) < 4.78 is 10.7. The summed E-state index contributed by atoms with van der Waals surface area (Å²) in [7, 11) is 1.66. The van der Waals surface area contributed by atoms with Crippen molar-refractivity contribution in [3.05, 3.63) is 47.8 Å². The van der Waals surface area contributed by atoms with Gasteiger partial charge in [-0.2, -0.15) is 0 Å². The second-order valence-corrected chi connectivity index (χ2v) is 6.46. The van der Waals surface area contributed by atoms with E-state index in [4.69, 9.17) is 9.47 Å². The van der Waals surface area contributed by atoms with Gasteiger partial charge in [0.15, 0.2) is 0 Å². The van der Waals surface area contributed by atoms with Crippen LogP contribution < -0.4 is 15.4 Å². The minimum Gasteiger partial charge on any atom is -0.496 e.